The normalized spacial score (nSPS) is 19.9. The van der Waals surface area contributed by atoms with Crippen molar-refractivity contribution >= 4 is 21.6 Å². The van der Waals surface area contributed by atoms with Gasteiger partial charge in [-0.05, 0) is 87.9 Å². The zero-order valence-electron chi connectivity index (χ0n) is 19.2. The molecule has 1 unspecified atom stereocenters. The van der Waals surface area contributed by atoms with Crippen LogP contribution in [0.3, 0.4) is 0 Å². The highest BCUT2D eigenvalue weighted by Gasteiger charge is 2.33. The molecular formula is C25H32N2O5S. The maximum Gasteiger partial charge on any atom is 0.255 e. The number of nitrogens with zero attached hydrogens (tertiary/aromatic N) is 1. The average molecular weight is 473 g/mol. The molecule has 7 nitrogen and oxygen atoms in total. The largest absolute Gasteiger partial charge is 0.495 e. The summed E-state index contributed by atoms with van der Waals surface area (Å²) >= 11 is 0. The van der Waals surface area contributed by atoms with Gasteiger partial charge in [-0.15, -0.1) is 0 Å². The van der Waals surface area contributed by atoms with Crippen molar-refractivity contribution < 1.29 is 22.7 Å². The van der Waals surface area contributed by atoms with Gasteiger partial charge in [0.1, 0.15) is 16.4 Å². The second kappa shape index (κ2) is 10.1. The Morgan fingerprint density at radius 2 is 1.70 bits per heavy atom. The van der Waals surface area contributed by atoms with Gasteiger partial charge >= 0.3 is 0 Å². The van der Waals surface area contributed by atoms with E-state index in [2.05, 4.69) is 5.32 Å². The lowest BCUT2D eigenvalue weighted by Crippen LogP contribution is -2.42. The molecular weight excluding hydrogens is 440 g/mol. The molecule has 1 aliphatic heterocycles. The monoisotopic (exact) mass is 472 g/mol. The quantitative estimate of drug-likeness (QED) is 0.624. The van der Waals surface area contributed by atoms with Crippen LogP contribution in [0, 0.1) is 0 Å². The molecule has 1 amide bonds. The predicted molar refractivity (Wildman–Crippen MR) is 127 cm³/mol. The Kier molecular flexibility index (Phi) is 7.24. The van der Waals surface area contributed by atoms with Gasteiger partial charge in [-0.1, -0.05) is 6.42 Å². The smallest absolute Gasteiger partial charge is 0.255 e. The topological polar surface area (TPSA) is 84.9 Å². The summed E-state index contributed by atoms with van der Waals surface area (Å²) < 4.78 is 39.6. The van der Waals surface area contributed by atoms with Gasteiger partial charge in [0.2, 0.25) is 10.0 Å². The average Bonchev–Trinajstić information content (AvgIpc) is 3.33. The van der Waals surface area contributed by atoms with E-state index in [1.54, 1.807) is 18.2 Å². The van der Waals surface area contributed by atoms with Gasteiger partial charge in [0.05, 0.1) is 13.2 Å². The van der Waals surface area contributed by atoms with E-state index in [-0.39, 0.29) is 34.3 Å². The first-order valence-electron chi connectivity index (χ1n) is 11.7. The van der Waals surface area contributed by atoms with Crippen LogP contribution in [0.1, 0.15) is 62.2 Å². The number of anilines is 1. The molecule has 1 saturated carbocycles. The van der Waals surface area contributed by atoms with Crippen LogP contribution in [0.4, 0.5) is 5.69 Å². The van der Waals surface area contributed by atoms with Gasteiger partial charge in [-0.25, -0.2) is 8.42 Å². The Labute approximate surface area is 196 Å². The van der Waals surface area contributed by atoms with Crippen LogP contribution in [0.15, 0.2) is 47.4 Å². The van der Waals surface area contributed by atoms with E-state index in [0.29, 0.717) is 12.2 Å². The number of carbonyl (C=O) groups excluding carboxylic acids is 1. The highest BCUT2D eigenvalue weighted by molar-refractivity contribution is 7.89. The van der Waals surface area contributed by atoms with Crippen molar-refractivity contribution in [2.75, 3.05) is 19.0 Å². The lowest BCUT2D eigenvalue weighted by molar-refractivity contribution is 0.102. The summed E-state index contributed by atoms with van der Waals surface area (Å²) in [5.74, 6) is 0.636. The minimum absolute atomic E-state index is 0.0201. The van der Waals surface area contributed by atoms with E-state index >= 15 is 0 Å². The summed E-state index contributed by atoms with van der Waals surface area (Å²) in [5.41, 5.74) is 0.869. The van der Waals surface area contributed by atoms with Gasteiger partial charge < -0.3 is 14.8 Å². The lowest BCUT2D eigenvalue weighted by atomic mass is 10.1. The van der Waals surface area contributed by atoms with Crippen LogP contribution in [-0.2, 0) is 10.0 Å². The number of rotatable bonds is 7. The first-order chi connectivity index (χ1) is 15.9. The van der Waals surface area contributed by atoms with Crippen molar-refractivity contribution in [2.45, 2.75) is 68.9 Å². The second-order valence-electron chi connectivity index (χ2n) is 8.83. The van der Waals surface area contributed by atoms with Crippen molar-refractivity contribution in [1.29, 1.82) is 0 Å². The molecule has 0 aromatic heterocycles. The summed E-state index contributed by atoms with van der Waals surface area (Å²) in [6, 6.07) is 11.7. The first kappa shape index (κ1) is 23.6. The number of carbonyl (C=O) groups is 1. The van der Waals surface area contributed by atoms with E-state index in [4.69, 9.17) is 9.47 Å². The molecule has 33 heavy (non-hydrogen) atoms. The SMILES string of the molecule is COc1ccc(C(=O)Nc2ccc(OC3CCCC3)cc2)cc1S(=O)(=O)N1CCCCC1C. The third-order valence-electron chi connectivity index (χ3n) is 6.47. The Hall–Kier alpha value is -2.58. The number of amides is 1. The molecule has 1 aliphatic carbocycles. The molecule has 1 heterocycles. The minimum Gasteiger partial charge on any atom is -0.495 e. The number of ether oxygens (including phenoxy) is 2. The number of nitrogens with one attached hydrogen (secondary N) is 1. The highest BCUT2D eigenvalue weighted by Crippen LogP contribution is 2.32. The first-order valence-corrected chi connectivity index (χ1v) is 13.1. The number of hydrogen-bond donors (Lipinski definition) is 1. The van der Waals surface area contributed by atoms with Gasteiger partial charge in [0, 0.05) is 23.8 Å². The number of piperidine rings is 1. The summed E-state index contributed by atoms with van der Waals surface area (Å²) in [6.45, 7) is 2.39. The predicted octanol–water partition coefficient (Wildman–Crippen LogP) is 4.83. The van der Waals surface area contributed by atoms with Crippen molar-refractivity contribution in [3.8, 4) is 11.5 Å². The zero-order valence-corrected chi connectivity index (χ0v) is 20.1. The number of methoxy groups -OCH3 is 1. The molecule has 4 rings (SSSR count). The van der Waals surface area contributed by atoms with E-state index in [1.165, 1.54) is 36.4 Å². The molecule has 8 heteroatoms. The fourth-order valence-corrected chi connectivity index (χ4v) is 6.48. The Bertz CT molecular complexity index is 1080. The van der Waals surface area contributed by atoms with E-state index in [0.717, 1.165) is 37.9 Å². The Morgan fingerprint density at radius 1 is 1.00 bits per heavy atom. The Balaban J connectivity index is 1.51. The summed E-state index contributed by atoms with van der Waals surface area (Å²) in [7, 11) is -2.35. The van der Waals surface area contributed by atoms with Crippen molar-refractivity contribution in [3.05, 3.63) is 48.0 Å². The molecule has 1 atom stereocenters. The number of sulfonamides is 1. The van der Waals surface area contributed by atoms with Gasteiger partial charge in [-0.2, -0.15) is 4.31 Å². The molecule has 178 valence electrons. The third kappa shape index (κ3) is 5.33. The van der Waals surface area contributed by atoms with E-state index in [9.17, 15) is 13.2 Å². The molecule has 0 spiro atoms. The van der Waals surface area contributed by atoms with Crippen LogP contribution >= 0.6 is 0 Å². The lowest BCUT2D eigenvalue weighted by Gasteiger charge is -2.32. The van der Waals surface area contributed by atoms with Gasteiger partial charge in [0.15, 0.2) is 0 Å². The fraction of sp³-hybridized carbons (Fsp3) is 0.480. The van der Waals surface area contributed by atoms with Crippen LogP contribution in [0.25, 0.3) is 0 Å². The van der Waals surface area contributed by atoms with Crippen LogP contribution in [-0.4, -0.2) is 44.4 Å². The molecule has 0 radical (unpaired) electrons. The second-order valence-corrected chi connectivity index (χ2v) is 10.7. The molecule has 2 aromatic carbocycles. The van der Waals surface area contributed by atoms with E-state index in [1.807, 2.05) is 19.1 Å². The molecule has 1 N–H and O–H groups in total. The molecule has 2 aromatic rings. The number of hydrogen-bond acceptors (Lipinski definition) is 5. The maximum atomic E-state index is 13.4. The van der Waals surface area contributed by atoms with Gasteiger partial charge in [-0.3, -0.25) is 4.79 Å². The molecule has 2 fully saturated rings. The van der Waals surface area contributed by atoms with Crippen molar-refractivity contribution in [3.63, 3.8) is 0 Å². The Morgan fingerprint density at radius 3 is 2.36 bits per heavy atom. The van der Waals surface area contributed by atoms with Crippen LogP contribution < -0.4 is 14.8 Å². The summed E-state index contributed by atoms with van der Waals surface area (Å²) in [5, 5.41) is 2.84. The van der Waals surface area contributed by atoms with E-state index < -0.39 is 10.0 Å². The highest BCUT2D eigenvalue weighted by atomic mass is 32.2. The van der Waals surface area contributed by atoms with Crippen LogP contribution in [0.5, 0.6) is 11.5 Å². The minimum atomic E-state index is -3.79. The molecule has 2 aliphatic rings. The fourth-order valence-electron chi connectivity index (χ4n) is 4.59. The maximum absolute atomic E-state index is 13.4. The van der Waals surface area contributed by atoms with Crippen molar-refractivity contribution in [1.82, 2.24) is 4.31 Å². The standard InChI is InChI=1S/C25H32N2O5S/c1-18-7-5-6-16-27(18)33(29,30)24-17-19(10-15-23(24)31-2)25(28)26-20-11-13-22(14-12-20)32-21-8-3-4-9-21/h10-15,17-18,21H,3-9,16H2,1-2H3,(H,26,28). The summed E-state index contributed by atoms with van der Waals surface area (Å²) in [4.78, 5) is 12.9. The molecule has 0 bridgehead atoms. The third-order valence-corrected chi connectivity index (χ3v) is 8.51. The molecule has 1 saturated heterocycles. The van der Waals surface area contributed by atoms with Gasteiger partial charge in [0.25, 0.3) is 5.91 Å². The summed E-state index contributed by atoms with van der Waals surface area (Å²) in [6.07, 6.45) is 7.50. The zero-order chi connectivity index (χ0) is 23.4. The number of benzene rings is 2. The van der Waals surface area contributed by atoms with Crippen molar-refractivity contribution in [2.24, 2.45) is 0 Å². The van der Waals surface area contributed by atoms with Crippen LogP contribution in [0.2, 0.25) is 0 Å².